The van der Waals surface area contributed by atoms with Crippen LogP contribution >= 0.6 is 0 Å². The second kappa shape index (κ2) is 6.98. The number of aliphatic hydroxyl groups excluding tert-OH is 1. The quantitative estimate of drug-likeness (QED) is 0.666. The molecule has 0 atom stereocenters. The van der Waals surface area contributed by atoms with Gasteiger partial charge in [0.25, 0.3) is 0 Å². The average Bonchev–Trinajstić information content (AvgIpc) is 2.29. The van der Waals surface area contributed by atoms with Gasteiger partial charge < -0.3 is 15.7 Å². The smallest absolute Gasteiger partial charge is 0.238 e. The summed E-state index contributed by atoms with van der Waals surface area (Å²) < 4.78 is 0. The number of hydrogen-bond acceptors (Lipinski definition) is 3. The van der Waals surface area contributed by atoms with Crippen molar-refractivity contribution >= 4 is 11.6 Å². The Bertz CT molecular complexity index is 322. The monoisotopic (exact) mass is 222 g/mol. The lowest BCUT2D eigenvalue weighted by atomic mass is 10.1. The average molecular weight is 222 g/mol. The number of carbonyl (C=O) groups is 1. The summed E-state index contributed by atoms with van der Waals surface area (Å²) in [4.78, 5) is 11.4. The first kappa shape index (κ1) is 12.7. The number of aliphatic hydroxyl groups is 1. The third-order valence-electron chi connectivity index (χ3n) is 2.17. The molecule has 0 aliphatic rings. The van der Waals surface area contributed by atoms with E-state index in [9.17, 15) is 4.79 Å². The van der Waals surface area contributed by atoms with Crippen LogP contribution in [0.15, 0.2) is 24.3 Å². The number of benzene rings is 1. The Balaban J connectivity index is 2.45. The zero-order valence-corrected chi connectivity index (χ0v) is 9.49. The zero-order valence-electron chi connectivity index (χ0n) is 9.49. The van der Waals surface area contributed by atoms with Gasteiger partial charge >= 0.3 is 0 Å². The van der Waals surface area contributed by atoms with Crippen molar-refractivity contribution in [3.05, 3.63) is 29.8 Å². The fourth-order valence-electron chi connectivity index (χ4n) is 1.33. The Morgan fingerprint density at radius 2 is 2.00 bits per heavy atom. The number of anilines is 1. The van der Waals surface area contributed by atoms with Crippen LogP contribution in [0.4, 0.5) is 5.69 Å². The molecule has 4 heteroatoms. The molecule has 0 saturated carbocycles. The molecule has 0 aliphatic carbocycles. The molecule has 0 saturated heterocycles. The van der Waals surface area contributed by atoms with E-state index in [1.165, 1.54) is 0 Å². The van der Waals surface area contributed by atoms with E-state index in [4.69, 9.17) is 5.11 Å². The van der Waals surface area contributed by atoms with Gasteiger partial charge in [-0.15, -0.1) is 0 Å². The van der Waals surface area contributed by atoms with Crippen LogP contribution in [0, 0.1) is 0 Å². The van der Waals surface area contributed by atoms with Gasteiger partial charge in [-0.2, -0.15) is 0 Å². The standard InChI is InChI=1S/C12H18N2O2/c1-2-13-9-12(16)14-11-5-3-10(4-6-11)7-8-15/h3-6,13,15H,2,7-9H2,1H3,(H,14,16). The van der Waals surface area contributed by atoms with E-state index in [2.05, 4.69) is 10.6 Å². The van der Waals surface area contributed by atoms with Gasteiger partial charge in [-0.25, -0.2) is 0 Å². The summed E-state index contributed by atoms with van der Waals surface area (Å²) in [5.41, 5.74) is 1.84. The highest BCUT2D eigenvalue weighted by atomic mass is 16.2. The minimum absolute atomic E-state index is 0.0447. The minimum Gasteiger partial charge on any atom is -0.396 e. The van der Waals surface area contributed by atoms with E-state index in [0.717, 1.165) is 17.8 Å². The van der Waals surface area contributed by atoms with Crippen LogP contribution in [0.25, 0.3) is 0 Å². The first-order valence-electron chi connectivity index (χ1n) is 5.46. The van der Waals surface area contributed by atoms with Crippen molar-refractivity contribution in [3.8, 4) is 0 Å². The molecule has 1 aromatic rings. The molecule has 3 N–H and O–H groups in total. The van der Waals surface area contributed by atoms with E-state index >= 15 is 0 Å². The Kier molecular flexibility index (Phi) is 5.53. The summed E-state index contributed by atoms with van der Waals surface area (Å²) in [6, 6.07) is 7.49. The maximum atomic E-state index is 11.4. The maximum absolute atomic E-state index is 11.4. The molecule has 16 heavy (non-hydrogen) atoms. The molecule has 4 nitrogen and oxygen atoms in total. The molecule has 0 radical (unpaired) electrons. The van der Waals surface area contributed by atoms with Crippen molar-refractivity contribution in [3.63, 3.8) is 0 Å². The van der Waals surface area contributed by atoms with Crippen LogP contribution in [0.5, 0.6) is 0 Å². The highest BCUT2D eigenvalue weighted by Crippen LogP contribution is 2.09. The molecule has 0 heterocycles. The molecular weight excluding hydrogens is 204 g/mol. The Morgan fingerprint density at radius 3 is 2.56 bits per heavy atom. The van der Waals surface area contributed by atoms with Crippen molar-refractivity contribution in [2.45, 2.75) is 13.3 Å². The lowest BCUT2D eigenvalue weighted by Gasteiger charge is -2.06. The summed E-state index contributed by atoms with van der Waals surface area (Å²) in [5, 5.41) is 14.5. The molecule has 1 rings (SSSR count). The van der Waals surface area contributed by atoms with Crippen molar-refractivity contribution in [1.82, 2.24) is 5.32 Å². The van der Waals surface area contributed by atoms with Gasteiger partial charge in [0.15, 0.2) is 0 Å². The van der Waals surface area contributed by atoms with Crippen LogP contribution in [-0.2, 0) is 11.2 Å². The molecule has 88 valence electrons. The minimum atomic E-state index is -0.0447. The largest absolute Gasteiger partial charge is 0.396 e. The fourth-order valence-corrected chi connectivity index (χ4v) is 1.33. The van der Waals surface area contributed by atoms with Crippen molar-refractivity contribution in [2.24, 2.45) is 0 Å². The predicted molar refractivity (Wildman–Crippen MR) is 64.4 cm³/mol. The summed E-state index contributed by atoms with van der Waals surface area (Å²) in [5.74, 6) is -0.0447. The Morgan fingerprint density at radius 1 is 1.31 bits per heavy atom. The third-order valence-corrected chi connectivity index (χ3v) is 2.17. The van der Waals surface area contributed by atoms with Gasteiger partial charge in [-0.05, 0) is 30.7 Å². The van der Waals surface area contributed by atoms with Crippen LogP contribution in [0.3, 0.4) is 0 Å². The number of amides is 1. The first-order valence-corrected chi connectivity index (χ1v) is 5.46. The lowest BCUT2D eigenvalue weighted by Crippen LogP contribution is -2.27. The number of hydrogen-bond donors (Lipinski definition) is 3. The second-order valence-corrected chi connectivity index (χ2v) is 3.50. The second-order valence-electron chi connectivity index (χ2n) is 3.50. The van der Waals surface area contributed by atoms with Crippen LogP contribution in [-0.4, -0.2) is 30.7 Å². The predicted octanol–water partition coefficient (Wildman–Crippen LogP) is 0.769. The summed E-state index contributed by atoms with van der Waals surface area (Å²) in [6.07, 6.45) is 0.644. The number of carbonyl (C=O) groups excluding carboxylic acids is 1. The zero-order chi connectivity index (χ0) is 11.8. The summed E-state index contributed by atoms with van der Waals surface area (Å²) in [6.45, 7) is 3.21. The third kappa shape index (κ3) is 4.42. The van der Waals surface area contributed by atoms with Crippen LogP contribution in [0.2, 0.25) is 0 Å². The van der Waals surface area contributed by atoms with Crippen molar-refractivity contribution in [2.75, 3.05) is 25.0 Å². The van der Waals surface area contributed by atoms with Crippen LogP contribution < -0.4 is 10.6 Å². The highest BCUT2D eigenvalue weighted by Gasteiger charge is 2.00. The normalized spacial score (nSPS) is 10.1. The van der Waals surface area contributed by atoms with Crippen molar-refractivity contribution < 1.29 is 9.90 Å². The van der Waals surface area contributed by atoms with E-state index in [1.54, 1.807) is 0 Å². The Labute approximate surface area is 95.7 Å². The SMILES string of the molecule is CCNCC(=O)Nc1ccc(CCO)cc1. The molecule has 0 unspecified atom stereocenters. The molecule has 0 spiro atoms. The van der Waals surface area contributed by atoms with Gasteiger partial charge in [0.05, 0.1) is 6.54 Å². The van der Waals surface area contributed by atoms with E-state index in [0.29, 0.717) is 13.0 Å². The topological polar surface area (TPSA) is 61.4 Å². The number of nitrogens with one attached hydrogen (secondary N) is 2. The molecular formula is C12H18N2O2. The van der Waals surface area contributed by atoms with Gasteiger partial charge in [0.2, 0.25) is 5.91 Å². The number of likely N-dealkylation sites (N-methyl/N-ethyl adjacent to an activating group) is 1. The molecule has 0 aliphatic heterocycles. The van der Waals surface area contributed by atoms with Gasteiger partial charge in [0.1, 0.15) is 0 Å². The van der Waals surface area contributed by atoms with Gasteiger partial charge in [-0.3, -0.25) is 4.79 Å². The Hall–Kier alpha value is -1.39. The molecule has 0 bridgehead atoms. The van der Waals surface area contributed by atoms with Gasteiger partial charge in [0, 0.05) is 12.3 Å². The molecule has 1 aromatic carbocycles. The maximum Gasteiger partial charge on any atom is 0.238 e. The first-order chi connectivity index (χ1) is 7.76. The fraction of sp³-hybridized carbons (Fsp3) is 0.417. The summed E-state index contributed by atoms with van der Waals surface area (Å²) >= 11 is 0. The highest BCUT2D eigenvalue weighted by molar-refractivity contribution is 5.92. The van der Waals surface area contributed by atoms with E-state index in [1.807, 2.05) is 31.2 Å². The van der Waals surface area contributed by atoms with E-state index in [-0.39, 0.29) is 12.5 Å². The number of rotatable bonds is 6. The lowest BCUT2D eigenvalue weighted by molar-refractivity contribution is -0.115. The summed E-state index contributed by atoms with van der Waals surface area (Å²) in [7, 11) is 0. The molecule has 0 fully saturated rings. The van der Waals surface area contributed by atoms with E-state index < -0.39 is 0 Å². The molecule has 1 amide bonds. The van der Waals surface area contributed by atoms with Crippen LogP contribution in [0.1, 0.15) is 12.5 Å². The molecule has 0 aromatic heterocycles. The van der Waals surface area contributed by atoms with Crippen molar-refractivity contribution in [1.29, 1.82) is 0 Å². The van der Waals surface area contributed by atoms with Gasteiger partial charge in [-0.1, -0.05) is 19.1 Å².